The van der Waals surface area contributed by atoms with Gasteiger partial charge in [0.2, 0.25) is 0 Å². The molecule has 0 heterocycles. The van der Waals surface area contributed by atoms with Crippen LogP contribution >= 0.6 is 0 Å². The first-order valence-electron chi connectivity index (χ1n) is 38.0. The zero-order valence-corrected chi connectivity index (χ0v) is 53.7. The Morgan fingerprint density at radius 1 is 0.0263 bits per heavy atom. The fraction of sp³-hybridized carbons (Fsp3) is 1.00. The van der Waals surface area contributed by atoms with Gasteiger partial charge in [-0.25, -0.2) is 0 Å². The maximum Gasteiger partial charge on any atom is -0.0533 e. The molecule has 7 rings (SSSR count). The molecule has 0 nitrogen and oxygen atoms in total. The quantitative estimate of drug-likeness (QED) is 0.227. The minimum Gasteiger partial charge on any atom is -0.0533 e. The van der Waals surface area contributed by atoms with Gasteiger partial charge in [0, 0.05) is 0 Å². The van der Waals surface area contributed by atoms with E-state index in [1.54, 1.807) is 0 Å². The number of rotatable bonds is 0. The average Bonchev–Trinajstić information content (AvgIpc) is 3.40. The lowest BCUT2D eigenvalue weighted by atomic mass is 10.0. The molecule has 0 atom stereocenters. The third-order valence-electron chi connectivity index (χ3n) is 19.0. The van der Waals surface area contributed by atoms with Crippen LogP contribution in [-0.4, -0.2) is 0 Å². The fourth-order valence-electron chi connectivity index (χ4n) is 12.5. The largest absolute Gasteiger partial charge is 0.0533 e. The molecule has 7 saturated carbocycles. The van der Waals surface area contributed by atoms with Gasteiger partial charge in [-0.2, -0.15) is 0 Å². The molecular formula is C76H152. The minimum absolute atomic E-state index is 1.50. The summed E-state index contributed by atoms with van der Waals surface area (Å²) in [5.41, 5.74) is 0. The zero-order valence-electron chi connectivity index (χ0n) is 53.7. The van der Waals surface area contributed by atoms with Crippen LogP contribution in [0.5, 0.6) is 0 Å². The lowest BCUT2D eigenvalue weighted by molar-refractivity contribution is 0.504. The molecule has 456 valence electrons. The maximum atomic E-state index is 1.50. The maximum absolute atomic E-state index is 1.50. The van der Waals surface area contributed by atoms with E-state index in [-0.39, 0.29) is 0 Å². The molecule has 0 N–H and O–H groups in total. The van der Waals surface area contributed by atoms with E-state index in [2.05, 4.69) is 0 Å². The standard InChI is InChI=1S/C18H36.C16H32.2C14H28.C6H12.2C4H8/c1-2-4-6-8-10-12-14-16-18-17-15-13-11-9-7-5-3-1;1-2-4-6-8-10-12-14-16-15-13-11-9-7-5-3-1;2*1-2-4-6-8-10-12-14-13-11-9-7-5-3-1;1-2-4-6-5-3-1;2*1-2-4-3-1/h1-18H2;1-16H2;2*1-14H2;1-6H2;2*1-4H2. The summed E-state index contributed by atoms with van der Waals surface area (Å²) < 4.78 is 0. The van der Waals surface area contributed by atoms with Gasteiger partial charge in [0.25, 0.3) is 0 Å². The first kappa shape index (κ1) is 74.0. The van der Waals surface area contributed by atoms with E-state index in [0.29, 0.717) is 0 Å². The van der Waals surface area contributed by atoms with Gasteiger partial charge in [0.1, 0.15) is 0 Å². The molecule has 0 spiro atoms. The Balaban J connectivity index is 0.000000466. The first-order chi connectivity index (χ1) is 38.0. The van der Waals surface area contributed by atoms with Crippen molar-refractivity contribution in [2.75, 3.05) is 0 Å². The molecule has 0 amide bonds. The van der Waals surface area contributed by atoms with Gasteiger partial charge in [0.05, 0.1) is 0 Å². The molecule has 0 saturated heterocycles. The third kappa shape index (κ3) is 68.3. The summed E-state index contributed by atoms with van der Waals surface area (Å²) in [6, 6.07) is 0. The van der Waals surface area contributed by atoms with Crippen LogP contribution in [0.4, 0.5) is 0 Å². The molecule has 76 heavy (non-hydrogen) atoms. The summed E-state index contributed by atoms with van der Waals surface area (Å²) in [6.07, 6.45) is 114. The van der Waals surface area contributed by atoms with Gasteiger partial charge in [-0.15, -0.1) is 0 Å². The molecule has 0 radical (unpaired) electrons. The highest BCUT2D eigenvalue weighted by Crippen LogP contribution is 2.22. The third-order valence-corrected chi connectivity index (χ3v) is 19.0. The summed E-state index contributed by atoms with van der Waals surface area (Å²) in [5, 5.41) is 0. The second-order valence-electron chi connectivity index (χ2n) is 26.9. The molecule has 0 aliphatic heterocycles. The normalized spacial score (nSPS) is 24.0. The molecule has 0 heteroatoms. The van der Waals surface area contributed by atoms with Crippen LogP contribution in [0.2, 0.25) is 0 Å². The van der Waals surface area contributed by atoms with Crippen molar-refractivity contribution in [2.45, 2.75) is 488 Å². The number of hydrogen-bond acceptors (Lipinski definition) is 0. The summed E-state index contributed by atoms with van der Waals surface area (Å²) in [6.45, 7) is 0. The van der Waals surface area contributed by atoms with E-state index in [4.69, 9.17) is 0 Å². The van der Waals surface area contributed by atoms with Crippen molar-refractivity contribution in [3.63, 3.8) is 0 Å². The van der Waals surface area contributed by atoms with E-state index in [1.807, 2.05) is 0 Å². The second kappa shape index (κ2) is 71.1. The van der Waals surface area contributed by atoms with E-state index < -0.39 is 0 Å². The summed E-state index contributed by atoms with van der Waals surface area (Å²) in [7, 11) is 0. The average molecular weight is 1070 g/mol. The zero-order chi connectivity index (χ0) is 53.7. The highest BCUT2D eigenvalue weighted by molar-refractivity contribution is 4.58. The van der Waals surface area contributed by atoms with Gasteiger partial charge in [-0.1, -0.05) is 488 Å². The van der Waals surface area contributed by atoms with Crippen LogP contribution in [0.1, 0.15) is 488 Å². The van der Waals surface area contributed by atoms with E-state index >= 15 is 0 Å². The van der Waals surface area contributed by atoms with E-state index in [0.717, 1.165) is 0 Å². The Morgan fingerprint density at radius 3 is 0.0526 bits per heavy atom. The number of hydrogen-bond donors (Lipinski definition) is 0. The predicted molar refractivity (Wildman–Crippen MR) is 351 cm³/mol. The fourth-order valence-corrected chi connectivity index (χ4v) is 12.5. The highest BCUT2D eigenvalue weighted by atomic mass is 14.1. The van der Waals surface area contributed by atoms with Gasteiger partial charge in [-0.3, -0.25) is 0 Å². The molecule has 0 aromatic carbocycles. The van der Waals surface area contributed by atoms with Crippen molar-refractivity contribution in [3.8, 4) is 0 Å². The van der Waals surface area contributed by atoms with Gasteiger partial charge in [0.15, 0.2) is 0 Å². The summed E-state index contributed by atoms with van der Waals surface area (Å²) >= 11 is 0. The monoisotopic (exact) mass is 1070 g/mol. The molecule has 7 aliphatic rings. The molecule has 0 aromatic rings. The van der Waals surface area contributed by atoms with Crippen molar-refractivity contribution < 1.29 is 0 Å². The predicted octanol–water partition coefficient (Wildman–Crippen LogP) is 29.6. The minimum atomic E-state index is 1.50. The van der Waals surface area contributed by atoms with Gasteiger partial charge >= 0.3 is 0 Å². The topological polar surface area (TPSA) is 0 Å². The summed E-state index contributed by atoms with van der Waals surface area (Å²) in [5.74, 6) is 0. The molecule has 7 fully saturated rings. The van der Waals surface area contributed by atoms with Crippen molar-refractivity contribution in [2.24, 2.45) is 0 Å². The van der Waals surface area contributed by atoms with Gasteiger partial charge in [-0.05, 0) is 0 Å². The lowest BCUT2D eigenvalue weighted by Crippen LogP contribution is -1.85. The van der Waals surface area contributed by atoms with Crippen LogP contribution in [0.25, 0.3) is 0 Å². The van der Waals surface area contributed by atoms with Crippen LogP contribution in [-0.2, 0) is 0 Å². The summed E-state index contributed by atoms with van der Waals surface area (Å²) in [4.78, 5) is 0. The molecule has 0 aromatic heterocycles. The Bertz CT molecular complexity index is 637. The van der Waals surface area contributed by atoms with Gasteiger partial charge < -0.3 is 0 Å². The van der Waals surface area contributed by atoms with Crippen LogP contribution < -0.4 is 0 Å². The van der Waals surface area contributed by atoms with Crippen molar-refractivity contribution in [1.82, 2.24) is 0 Å². The Hall–Kier alpha value is 0. The van der Waals surface area contributed by atoms with E-state index in [1.165, 1.54) is 488 Å². The van der Waals surface area contributed by atoms with E-state index in [9.17, 15) is 0 Å². The van der Waals surface area contributed by atoms with Crippen molar-refractivity contribution >= 4 is 0 Å². The van der Waals surface area contributed by atoms with Crippen molar-refractivity contribution in [3.05, 3.63) is 0 Å². The Labute approximate surface area is 485 Å². The van der Waals surface area contributed by atoms with Crippen LogP contribution in [0.15, 0.2) is 0 Å². The lowest BCUT2D eigenvalue weighted by Gasteiger charge is -2.05. The first-order valence-corrected chi connectivity index (χ1v) is 38.0. The molecular weight excluding hydrogens is 913 g/mol. The van der Waals surface area contributed by atoms with Crippen LogP contribution in [0, 0.1) is 0 Å². The SMILES string of the molecule is C1CCC1.C1CCC1.C1CCCCC1.C1CCCCCCCCCCCCC1.C1CCCCCCCCCCCCC1.C1CCCCCCCCCCCCCCC1.C1CCCCCCCCCCCCCCCCC1. The molecule has 0 bridgehead atoms. The smallest absolute Gasteiger partial charge is 0.0533 e. The second-order valence-corrected chi connectivity index (χ2v) is 26.9. The highest BCUT2D eigenvalue weighted by Gasteiger charge is 2.02. The van der Waals surface area contributed by atoms with Crippen LogP contribution in [0.3, 0.4) is 0 Å². The van der Waals surface area contributed by atoms with Crippen molar-refractivity contribution in [1.29, 1.82) is 0 Å². The molecule has 0 unspecified atom stereocenters. The Morgan fingerprint density at radius 2 is 0.0395 bits per heavy atom. The Kier molecular flexibility index (Phi) is 69.2. The molecule has 7 aliphatic carbocycles.